The Kier molecular flexibility index (Phi) is 6.51. The fourth-order valence-electron chi connectivity index (χ4n) is 4.82. The number of aliphatic carboxylic acids is 1. The molecule has 32 heavy (non-hydrogen) atoms. The maximum Gasteiger partial charge on any atom is 0.324 e. The molecule has 0 unspecified atom stereocenters. The predicted molar refractivity (Wildman–Crippen MR) is 129 cm³/mol. The van der Waals surface area contributed by atoms with Crippen LogP contribution >= 0.6 is 34.4 Å². The summed E-state index contributed by atoms with van der Waals surface area (Å²) in [6.07, 6.45) is 2.05. The van der Waals surface area contributed by atoms with Gasteiger partial charge >= 0.3 is 5.97 Å². The number of amides is 2. The summed E-state index contributed by atoms with van der Waals surface area (Å²) in [4.78, 5) is 40.9. The molecule has 2 aliphatic rings. The van der Waals surface area contributed by atoms with Crippen molar-refractivity contribution in [1.82, 2.24) is 10.2 Å². The molecule has 2 fully saturated rings. The highest BCUT2D eigenvalue weighted by Crippen LogP contribution is 2.52. The van der Waals surface area contributed by atoms with Crippen molar-refractivity contribution in [3.63, 3.8) is 0 Å². The Balaban J connectivity index is 1.81. The zero-order chi connectivity index (χ0) is 23.0. The topological polar surface area (TPSA) is 107 Å². The molecule has 0 aromatic heterocycles. The minimum absolute atomic E-state index is 0.0329. The highest BCUT2D eigenvalue weighted by molar-refractivity contribution is 14.1. The smallest absolute Gasteiger partial charge is 0.324 e. The minimum atomic E-state index is -1.59. The van der Waals surface area contributed by atoms with Crippen molar-refractivity contribution in [1.29, 1.82) is 0 Å². The SMILES string of the molecule is CSCC[C@]1(C(=O)O)N[C@@H](c2cc(I)ccc2O)[C@H]2C(=O)N(Cc3ccccc3)C(=O)[C@@H]21. The number of aromatic hydroxyl groups is 1. The standard InChI is InChI=1S/C23H23IN2O5S/c1-32-10-9-23(22(30)31)18-17(19(25-23)15-11-14(24)7-8-16(15)27)20(28)26(21(18)29)12-13-5-3-2-4-6-13/h2-8,11,17-19,25,27H,9-10,12H2,1H3,(H,30,31)/t17-,18+,19-,23-/m0/s1. The van der Waals surface area contributed by atoms with E-state index in [4.69, 9.17) is 0 Å². The Bertz CT molecular complexity index is 1070. The van der Waals surface area contributed by atoms with E-state index in [0.29, 0.717) is 11.3 Å². The number of hydrogen-bond acceptors (Lipinski definition) is 6. The van der Waals surface area contributed by atoms with Crippen LogP contribution in [-0.2, 0) is 20.9 Å². The molecule has 3 N–H and O–H groups in total. The predicted octanol–water partition coefficient (Wildman–Crippen LogP) is 3.02. The molecular formula is C23H23IN2O5S. The molecule has 2 aromatic carbocycles. The number of nitrogens with one attached hydrogen (secondary N) is 1. The number of halogens is 1. The molecule has 9 heteroatoms. The Morgan fingerprint density at radius 1 is 1.19 bits per heavy atom. The second kappa shape index (κ2) is 9.03. The van der Waals surface area contributed by atoms with E-state index in [1.807, 2.05) is 36.6 Å². The van der Waals surface area contributed by atoms with E-state index in [2.05, 4.69) is 27.9 Å². The first-order valence-electron chi connectivity index (χ1n) is 10.2. The molecule has 0 spiro atoms. The van der Waals surface area contributed by atoms with E-state index >= 15 is 0 Å². The normalized spacial score (nSPS) is 27.1. The fraction of sp³-hybridized carbons (Fsp3) is 0.348. The lowest BCUT2D eigenvalue weighted by Gasteiger charge is -2.31. The minimum Gasteiger partial charge on any atom is -0.508 e. The van der Waals surface area contributed by atoms with Gasteiger partial charge in [-0.1, -0.05) is 30.3 Å². The van der Waals surface area contributed by atoms with Crippen LogP contribution in [0.25, 0.3) is 0 Å². The second-order valence-electron chi connectivity index (χ2n) is 8.10. The first-order valence-corrected chi connectivity index (χ1v) is 12.6. The molecule has 2 saturated heterocycles. The van der Waals surface area contributed by atoms with E-state index < -0.39 is 41.2 Å². The van der Waals surface area contributed by atoms with Gasteiger partial charge < -0.3 is 10.2 Å². The first kappa shape index (κ1) is 23.1. The van der Waals surface area contributed by atoms with Crippen molar-refractivity contribution in [2.24, 2.45) is 11.8 Å². The molecule has 4 atom stereocenters. The number of rotatable bonds is 7. The Hall–Kier alpha value is -2.11. The van der Waals surface area contributed by atoms with Gasteiger partial charge in [0.15, 0.2) is 0 Å². The van der Waals surface area contributed by atoms with Gasteiger partial charge in [-0.15, -0.1) is 0 Å². The van der Waals surface area contributed by atoms with Crippen molar-refractivity contribution in [3.8, 4) is 5.75 Å². The summed E-state index contributed by atoms with van der Waals surface area (Å²) in [6, 6.07) is 13.4. The van der Waals surface area contributed by atoms with E-state index in [1.54, 1.807) is 12.1 Å². The molecule has 0 saturated carbocycles. The monoisotopic (exact) mass is 566 g/mol. The number of imide groups is 1. The summed E-state index contributed by atoms with van der Waals surface area (Å²) in [5.74, 6) is -3.53. The van der Waals surface area contributed by atoms with Gasteiger partial charge in [-0.2, -0.15) is 11.8 Å². The van der Waals surface area contributed by atoms with Crippen molar-refractivity contribution in [3.05, 3.63) is 63.2 Å². The average Bonchev–Trinajstić information content (AvgIpc) is 3.25. The highest BCUT2D eigenvalue weighted by atomic mass is 127. The summed E-state index contributed by atoms with van der Waals surface area (Å²) >= 11 is 3.58. The van der Waals surface area contributed by atoms with Gasteiger partial charge in [0.25, 0.3) is 0 Å². The third-order valence-electron chi connectivity index (χ3n) is 6.34. The number of benzene rings is 2. The Labute approximate surface area is 203 Å². The van der Waals surface area contributed by atoms with Crippen molar-refractivity contribution in [2.75, 3.05) is 12.0 Å². The van der Waals surface area contributed by atoms with Crippen LogP contribution in [0.4, 0.5) is 0 Å². The molecule has 168 valence electrons. The maximum absolute atomic E-state index is 13.5. The van der Waals surface area contributed by atoms with Crippen LogP contribution in [-0.4, -0.2) is 50.4 Å². The number of carboxylic acid groups (broad SMARTS) is 1. The lowest BCUT2D eigenvalue weighted by molar-refractivity contribution is -0.151. The molecule has 4 rings (SSSR count). The number of thioether (sulfide) groups is 1. The van der Waals surface area contributed by atoms with Gasteiger partial charge in [-0.05, 0) is 64.8 Å². The van der Waals surface area contributed by atoms with Gasteiger partial charge in [0, 0.05) is 15.2 Å². The van der Waals surface area contributed by atoms with E-state index in [-0.39, 0.29) is 18.7 Å². The van der Waals surface area contributed by atoms with Gasteiger partial charge in [0.1, 0.15) is 11.3 Å². The summed E-state index contributed by atoms with van der Waals surface area (Å²) < 4.78 is 0.837. The molecular weight excluding hydrogens is 543 g/mol. The number of carbonyl (C=O) groups is 3. The molecule has 2 aliphatic heterocycles. The van der Waals surface area contributed by atoms with E-state index in [1.165, 1.54) is 22.7 Å². The number of phenolic OH excluding ortho intramolecular Hbond substituents is 1. The fourth-order valence-corrected chi connectivity index (χ4v) is 5.86. The number of carboxylic acids is 1. The van der Waals surface area contributed by atoms with Crippen LogP contribution < -0.4 is 5.32 Å². The third-order valence-corrected chi connectivity index (χ3v) is 7.62. The Morgan fingerprint density at radius 2 is 1.91 bits per heavy atom. The van der Waals surface area contributed by atoms with Crippen LogP contribution in [0.1, 0.15) is 23.6 Å². The molecule has 2 amide bonds. The van der Waals surface area contributed by atoms with Crippen LogP contribution in [0.2, 0.25) is 0 Å². The van der Waals surface area contributed by atoms with Crippen LogP contribution in [0.3, 0.4) is 0 Å². The molecule has 2 heterocycles. The lowest BCUT2D eigenvalue weighted by atomic mass is 9.78. The molecule has 0 bridgehead atoms. The third kappa shape index (κ3) is 3.80. The number of hydrogen-bond donors (Lipinski definition) is 3. The quantitative estimate of drug-likeness (QED) is 0.350. The largest absolute Gasteiger partial charge is 0.508 e. The number of phenols is 1. The molecule has 7 nitrogen and oxygen atoms in total. The van der Waals surface area contributed by atoms with Crippen LogP contribution in [0.15, 0.2) is 48.5 Å². The van der Waals surface area contributed by atoms with Crippen LogP contribution in [0, 0.1) is 15.4 Å². The van der Waals surface area contributed by atoms with Crippen molar-refractivity contribution >= 4 is 52.1 Å². The Morgan fingerprint density at radius 3 is 2.56 bits per heavy atom. The van der Waals surface area contributed by atoms with Gasteiger partial charge in [-0.25, -0.2) is 0 Å². The van der Waals surface area contributed by atoms with Gasteiger partial charge in [-0.3, -0.25) is 24.6 Å². The summed E-state index contributed by atoms with van der Waals surface area (Å²) in [5.41, 5.74) is -0.368. The summed E-state index contributed by atoms with van der Waals surface area (Å²) in [7, 11) is 0. The summed E-state index contributed by atoms with van der Waals surface area (Å²) in [6.45, 7) is 0.0920. The average molecular weight is 566 g/mol. The lowest BCUT2D eigenvalue weighted by Crippen LogP contribution is -2.56. The van der Waals surface area contributed by atoms with Crippen LogP contribution in [0.5, 0.6) is 5.75 Å². The summed E-state index contributed by atoms with van der Waals surface area (Å²) in [5, 5.41) is 24.0. The number of likely N-dealkylation sites (tertiary alicyclic amines) is 1. The second-order valence-corrected chi connectivity index (χ2v) is 10.3. The highest BCUT2D eigenvalue weighted by Gasteiger charge is 2.68. The van der Waals surface area contributed by atoms with Gasteiger partial charge in [0.2, 0.25) is 11.8 Å². The molecule has 0 aliphatic carbocycles. The zero-order valence-electron chi connectivity index (χ0n) is 17.3. The van der Waals surface area contributed by atoms with Crippen molar-refractivity contribution in [2.45, 2.75) is 24.5 Å². The number of carbonyl (C=O) groups excluding carboxylic acids is 2. The number of nitrogens with zero attached hydrogens (tertiary/aromatic N) is 1. The van der Waals surface area contributed by atoms with Crippen molar-refractivity contribution < 1.29 is 24.6 Å². The van der Waals surface area contributed by atoms with E-state index in [9.17, 15) is 24.6 Å². The first-order chi connectivity index (χ1) is 15.3. The zero-order valence-corrected chi connectivity index (χ0v) is 20.3. The van der Waals surface area contributed by atoms with Gasteiger partial charge in [0.05, 0.1) is 18.4 Å². The molecule has 0 radical (unpaired) electrons. The molecule has 2 aromatic rings. The number of fused-ring (bicyclic) bond motifs is 1. The van der Waals surface area contributed by atoms with E-state index in [0.717, 1.165) is 9.13 Å². The maximum atomic E-state index is 13.5.